The zero-order valence-electron chi connectivity index (χ0n) is 14.4. The van der Waals surface area contributed by atoms with Crippen molar-refractivity contribution in [2.45, 2.75) is 31.8 Å². The Morgan fingerprint density at radius 3 is 2.76 bits per heavy atom. The summed E-state index contributed by atoms with van der Waals surface area (Å²) in [6.45, 7) is 0.259. The molecule has 0 saturated heterocycles. The van der Waals surface area contributed by atoms with Crippen molar-refractivity contribution >= 4 is 28.4 Å². The summed E-state index contributed by atoms with van der Waals surface area (Å²) in [5.41, 5.74) is 7.96. The van der Waals surface area contributed by atoms with Crippen molar-refractivity contribution in [3.05, 3.63) is 30.5 Å². The van der Waals surface area contributed by atoms with Gasteiger partial charge in [-0.15, -0.1) is 0 Å². The number of carbonyl (C=O) groups is 2. The summed E-state index contributed by atoms with van der Waals surface area (Å²) in [6.07, 6.45) is 5.25. The summed E-state index contributed by atoms with van der Waals surface area (Å²) in [7, 11) is 1.62. The van der Waals surface area contributed by atoms with Gasteiger partial charge in [-0.25, -0.2) is 0 Å². The SMILES string of the molecule is CNC(=O)Cn1ccc2ccc(NC(=O)C3C4CCC(C4)C3N)cc21. The van der Waals surface area contributed by atoms with Crippen LogP contribution in [0.5, 0.6) is 0 Å². The van der Waals surface area contributed by atoms with Crippen LogP contribution in [0.15, 0.2) is 30.5 Å². The number of fused-ring (bicyclic) bond motifs is 3. The van der Waals surface area contributed by atoms with Crippen LogP contribution in [0.25, 0.3) is 10.9 Å². The molecule has 1 heterocycles. The topological polar surface area (TPSA) is 89.2 Å². The first kappa shape index (κ1) is 16.1. The molecule has 2 aliphatic rings. The van der Waals surface area contributed by atoms with Gasteiger partial charge in [0.2, 0.25) is 11.8 Å². The Morgan fingerprint density at radius 2 is 2.04 bits per heavy atom. The summed E-state index contributed by atoms with van der Waals surface area (Å²) < 4.78 is 1.88. The number of hydrogen-bond acceptors (Lipinski definition) is 3. The first-order chi connectivity index (χ1) is 12.1. The third-order valence-electron chi connectivity index (χ3n) is 5.92. The zero-order valence-corrected chi connectivity index (χ0v) is 14.4. The standard InChI is InChI=1S/C19H24N4O2/c1-21-16(24)10-23-7-6-11-4-5-14(9-15(11)23)22-19(25)17-12-2-3-13(8-12)18(17)20/h4-7,9,12-13,17-18H,2-3,8,10,20H2,1H3,(H,21,24)(H,22,25). The number of nitrogens with zero attached hydrogens (tertiary/aromatic N) is 1. The highest BCUT2D eigenvalue weighted by Gasteiger charge is 2.49. The van der Waals surface area contributed by atoms with E-state index in [-0.39, 0.29) is 30.3 Å². The highest BCUT2D eigenvalue weighted by molar-refractivity contribution is 5.96. The Bertz CT molecular complexity index is 826. The second kappa shape index (κ2) is 6.19. The molecule has 4 rings (SSSR count). The fourth-order valence-corrected chi connectivity index (χ4v) is 4.58. The fourth-order valence-electron chi connectivity index (χ4n) is 4.58. The van der Waals surface area contributed by atoms with Gasteiger partial charge < -0.3 is 20.9 Å². The molecule has 2 saturated carbocycles. The lowest BCUT2D eigenvalue weighted by Crippen LogP contribution is -2.42. The molecule has 4 unspecified atom stereocenters. The predicted molar refractivity (Wildman–Crippen MR) is 96.9 cm³/mol. The van der Waals surface area contributed by atoms with Crippen LogP contribution >= 0.6 is 0 Å². The normalized spacial score (nSPS) is 27.6. The van der Waals surface area contributed by atoms with Gasteiger partial charge in [0.05, 0.1) is 11.4 Å². The molecule has 2 aromatic rings. The van der Waals surface area contributed by atoms with Crippen LogP contribution in [-0.4, -0.2) is 29.5 Å². The lowest BCUT2D eigenvalue weighted by Gasteiger charge is -2.27. The number of hydrogen-bond donors (Lipinski definition) is 3. The van der Waals surface area contributed by atoms with Gasteiger partial charge in [0.15, 0.2) is 0 Å². The second-order valence-corrected chi connectivity index (χ2v) is 7.32. The highest BCUT2D eigenvalue weighted by atomic mass is 16.2. The molecule has 0 aliphatic heterocycles. The van der Waals surface area contributed by atoms with Crippen LogP contribution in [0, 0.1) is 17.8 Å². The average molecular weight is 340 g/mol. The molecule has 1 aromatic heterocycles. The molecule has 2 fully saturated rings. The molecule has 0 spiro atoms. The maximum Gasteiger partial charge on any atom is 0.239 e. The van der Waals surface area contributed by atoms with Gasteiger partial charge in [-0.2, -0.15) is 0 Å². The number of nitrogens with two attached hydrogens (primary N) is 1. The average Bonchev–Trinajstić information content (AvgIpc) is 3.29. The van der Waals surface area contributed by atoms with E-state index < -0.39 is 0 Å². The minimum Gasteiger partial charge on any atom is -0.358 e. The Morgan fingerprint density at radius 1 is 1.24 bits per heavy atom. The Balaban J connectivity index is 1.54. The molecule has 4 N–H and O–H groups in total. The molecule has 25 heavy (non-hydrogen) atoms. The number of nitrogens with one attached hydrogen (secondary N) is 2. The van der Waals surface area contributed by atoms with E-state index in [4.69, 9.17) is 5.73 Å². The van der Waals surface area contributed by atoms with Crippen molar-refractivity contribution in [3.8, 4) is 0 Å². The van der Waals surface area contributed by atoms with Crippen molar-refractivity contribution in [3.63, 3.8) is 0 Å². The van der Waals surface area contributed by atoms with Gasteiger partial charge in [-0.1, -0.05) is 6.07 Å². The zero-order chi connectivity index (χ0) is 17.6. The molecule has 6 nitrogen and oxygen atoms in total. The van der Waals surface area contributed by atoms with Crippen molar-refractivity contribution in [1.82, 2.24) is 9.88 Å². The van der Waals surface area contributed by atoms with Crippen LogP contribution < -0.4 is 16.4 Å². The lowest BCUT2D eigenvalue weighted by atomic mass is 9.84. The number of likely N-dealkylation sites (N-methyl/N-ethyl adjacent to an activating group) is 1. The van der Waals surface area contributed by atoms with E-state index in [1.165, 1.54) is 0 Å². The number of amides is 2. The van der Waals surface area contributed by atoms with Crippen LogP contribution in [0.2, 0.25) is 0 Å². The minimum absolute atomic E-state index is 0.0143. The van der Waals surface area contributed by atoms with E-state index in [9.17, 15) is 9.59 Å². The maximum atomic E-state index is 12.7. The van der Waals surface area contributed by atoms with Gasteiger partial charge in [-0.3, -0.25) is 9.59 Å². The molecule has 4 atom stereocenters. The number of benzene rings is 1. The maximum absolute atomic E-state index is 12.7. The van der Waals surface area contributed by atoms with Crippen molar-refractivity contribution in [2.24, 2.45) is 23.5 Å². The molecule has 2 bridgehead atoms. The Labute approximate surface area is 146 Å². The van der Waals surface area contributed by atoms with Crippen molar-refractivity contribution in [2.75, 3.05) is 12.4 Å². The fraction of sp³-hybridized carbons (Fsp3) is 0.474. The number of anilines is 1. The van der Waals surface area contributed by atoms with Crippen LogP contribution in [-0.2, 0) is 16.1 Å². The second-order valence-electron chi connectivity index (χ2n) is 7.32. The van der Waals surface area contributed by atoms with E-state index in [1.807, 2.05) is 35.0 Å². The smallest absolute Gasteiger partial charge is 0.239 e. The third-order valence-corrected chi connectivity index (χ3v) is 5.92. The minimum atomic E-state index is -0.0768. The summed E-state index contributed by atoms with van der Waals surface area (Å²) >= 11 is 0. The predicted octanol–water partition coefficient (Wildman–Crippen LogP) is 1.70. The van der Waals surface area contributed by atoms with E-state index in [2.05, 4.69) is 10.6 Å². The number of aromatic nitrogens is 1. The molecule has 132 valence electrons. The highest BCUT2D eigenvalue weighted by Crippen LogP contribution is 2.47. The van der Waals surface area contributed by atoms with Gasteiger partial charge in [-0.05, 0) is 54.7 Å². The Kier molecular flexibility index (Phi) is 4.00. The van der Waals surface area contributed by atoms with Crippen LogP contribution in [0.1, 0.15) is 19.3 Å². The first-order valence-electron chi connectivity index (χ1n) is 8.92. The largest absolute Gasteiger partial charge is 0.358 e. The molecule has 0 radical (unpaired) electrons. The Hall–Kier alpha value is -2.34. The van der Waals surface area contributed by atoms with Crippen LogP contribution in [0.4, 0.5) is 5.69 Å². The summed E-state index contributed by atoms with van der Waals surface area (Å²) in [6, 6.07) is 7.75. The van der Waals surface area contributed by atoms with Gasteiger partial charge in [0.1, 0.15) is 6.54 Å². The van der Waals surface area contributed by atoms with E-state index in [0.29, 0.717) is 11.8 Å². The molecule has 2 aliphatic carbocycles. The van der Waals surface area contributed by atoms with E-state index in [1.54, 1.807) is 7.05 Å². The third kappa shape index (κ3) is 2.80. The molecule has 6 heteroatoms. The first-order valence-corrected chi connectivity index (χ1v) is 8.92. The van der Waals surface area contributed by atoms with Crippen molar-refractivity contribution < 1.29 is 9.59 Å². The molecule has 1 aromatic carbocycles. The van der Waals surface area contributed by atoms with E-state index >= 15 is 0 Å². The van der Waals surface area contributed by atoms with Gasteiger partial charge >= 0.3 is 0 Å². The lowest BCUT2D eigenvalue weighted by molar-refractivity contribution is -0.122. The van der Waals surface area contributed by atoms with Crippen molar-refractivity contribution in [1.29, 1.82) is 0 Å². The summed E-state index contributed by atoms with van der Waals surface area (Å²) in [4.78, 5) is 24.4. The quantitative estimate of drug-likeness (QED) is 0.791. The monoisotopic (exact) mass is 340 g/mol. The van der Waals surface area contributed by atoms with Gasteiger partial charge in [0, 0.05) is 25.0 Å². The number of carbonyl (C=O) groups excluding carboxylic acids is 2. The van der Waals surface area contributed by atoms with E-state index in [0.717, 1.165) is 35.9 Å². The van der Waals surface area contributed by atoms with Crippen LogP contribution in [0.3, 0.4) is 0 Å². The number of rotatable bonds is 4. The van der Waals surface area contributed by atoms with Gasteiger partial charge in [0.25, 0.3) is 0 Å². The molecular formula is C19H24N4O2. The summed E-state index contributed by atoms with van der Waals surface area (Å²) in [5, 5.41) is 6.71. The summed E-state index contributed by atoms with van der Waals surface area (Å²) in [5.74, 6) is 0.837. The molecular weight excluding hydrogens is 316 g/mol. The molecule has 2 amide bonds.